The zero-order valence-electron chi connectivity index (χ0n) is 23.8. The number of fused-ring (bicyclic) bond motifs is 1. The van der Waals surface area contributed by atoms with Crippen molar-refractivity contribution >= 4 is 28.5 Å². The van der Waals surface area contributed by atoms with E-state index in [1.54, 1.807) is 30.3 Å². The molecular formula is C33H27ClFN5O4. The first-order chi connectivity index (χ1) is 21.4. The Bertz CT molecular complexity index is 2040. The topological polar surface area (TPSA) is 126 Å². The average molecular weight is 612 g/mol. The van der Waals surface area contributed by atoms with Crippen molar-refractivity contribution in [3.05, 3.63) is 111 Å². The smallest absolute Gasteiger partial charge is 0.434 e. The minimum absolute atomic E-state index is 0.0184. The van der Waals surface area contributed by atoms with Crippen molar-refractivity contribution in [3.63, 3.8) is 0 Å². The van der Waals surface area contributed by atoms with Crippen LogP contribution in [0.15, 0.2) is 88.1 Å². The normalized spacial score (nSPS) is 11.9. The molecule has 6 rings (SSSR count). The third kappa shape index (κ3) is 5.59. The summed E-state index contributed by atoms with van der Waals surface area (Å²) in [7, 11) is 1.39. The quantitative estimate of drug-likeness (QED) is 0.157. The Morgan fingerprint density at radius 1 is 1.05 bits per heavy atom. The second-order valence-electron chi connectivity index (χ2n) is 10.2. The molecule has 0 bridgehead atoms. The van der Waals surface area contributed by atoms with Crippen LogP contribution in [0.4, 0.5) is 4.39 Å². The molecule has 0 aliphatic carbocycles. The minimum atomic E-state index is -0.750. The summed E-state index contributed by atoms with van der Waals surface area (Å²) in [5, 5.41) is 9.84. The van der Waals surface area contributed by atoms with Crippen LogP contribution in [0.5, 0.6) is 5.75 Å². The molecule has 44 heavy (non-hydrogen) atoms. The van der Waals surface area contributed by atoms with E-state index in [1.807, 2.05) is 36.4 Å². The van der Waals surface area contributed by atoms with Crippen LogP contribution in [-0.4, -0.2) is 33.2 Å². The lowest BCUT2D eigenvalue weighted by Gasteiger charge is -2.19. The fraction of sp³-hybridized carbons (Fsp3) is 0.152. The van der Waals surface area contributed by atoms with E-state index in [0.29, 0.717) is 49.7 Å². The molecule has 0 aliphatic heterocycles. The molecule has 0 saturated heterocycles. The predicted octanol–water partition coefficient (Wildman–Crippen LogP) is 7.31. The summed E-state index contributed by atoms with van der Waals surface area (Å²) in [4.78, 5) is 33.4. The first-order valence-corrected chi connectivity index (χ1v) is 14.3. The minimum Gasteiger partial charge on any atom is -0.494 e. The summed E-state index contributed by atoms with van der Waals surface area (Å²) in [5.74, 6) is -1.10. The Labute approximate surface area is 256 Å². The van der Waals surface area contributed by atoms with Gasteiger partial charge >= 0.3 is 5.76 Å². The molecule has 0 aliphatic rings. The highest BCUT2D eigenvalue weighted by atomic mass is 35.5. The maximum absolute atomic E-state index is 14.4. The highest BCUT2D eigenvalue weighted by Crippen LogP contribution is 2.42. The molecule has 0 spiro atoms. The van der Waals surface area contributed by atoms with Crippen LogP contribution in [0.1, 0.15) is 41.7 Å². The highest BCUT2D eigenvalue weighted by Gasteiger charge is 2.23. The van der Waals surface area contributed by atoms with Crippen LogP contribution in [0.2, 0.25) is 5.02 Å². The van der Waals surface area contributed by atoms with Gasteiger partial charge in [0.15, 0.2) is 11.6 Å². The molecule has 2 aromatic heterocycles. The number of aromatic amines is 2. The van der Waals surface area contributed by atoms with E-state index >= 15 is 0 Å². The van der Waals surface area contributed by atoms with E-state index in [2.05, 4.69) is 32.4 Å². The number of ether oxygens (including phenoxy) is 1. The maximum atomic E-state index is 14.4. The van der Waals surface area contributed by atoms with Crippen LogP contribution in [0.25, 0.3) is 45.0 Å². The fourth-order valence-corrected chi connectivity index (χ4v) is 5.53. The molecular weight excluding hydrogens is 585 g/mol. The second kappa shape index (κ2) is 12.2. The van der Waals surface area contributed by atoms with Crippen molar-refractivity contribution in [3.8, 4) is 39.7 Å². The number of H-pyrrole nitrogens is 2. The third-order valence-electron chi connectivity index (χ3n) is 7.33. The summed E-state index contributed by atoms with van der Waals surface area (Å²) < 4.78 is 24.9. The lowest BCUT2D eigenvalue weighted by molar-refractivity contribution is 0.0934. The van der Waals surface area contributed by atoms with Crippen molar-refractivity contribution in [1.82, 2.24) is 25.5 Å². The second-order valence-corrected chi connectivity index (χ2v) is 10.6. The van der Waals surface area contributed by atoms with Gasteiger partial charge in [0.2, 0.25) is 5.89 Å². The molecule has 6 aromatic rings. The molecule has 0 fully saturated rings. The summed E-state index contributed by atoms with van der Waals surface area (Å²) in [6.07, 6.45) is 1.63. The number of amides is 1. The van der Waals surface area contributed by atoms with Crippen LogP contribution < -0.4 is 15.8 Å². The number of rotatable bonds is 9. The molecule has 4 aromatic carbocycles. The van der Waals surface area contributed by atoms with Gasteiger partial charge in [-0.05, 0) is 35.7 Å². The van der Waals surface area contributed by atoms with E-state index in [-0.39, 0.29) is 23.6 Å². The van der Waals surface area contributed by atoms with E-state index in [0.717, 1.165) is 18.4 Å². The Morgan fingerprint density at radius 2 is 1.86 bits per heavy atom. The summed E-state index contributed by atoms with van der Waals surface area (Å²) in [5.41, 5.74) is 4.34. The number of halogens is 2. The van der Waals surface area contributed by atoms with E-state index in [9.17, 15) is 14.0 Å². The lowest BCUT2D eigenvalue weighted by atomic mass is 9.93. The van der Waals surface area contributed by atoms with Crippen molar-refractivity contribution in [2.24, 2.45) is 0 Å². The van der Waals surface area contributed by atoms with Gasteiger partial charge in [0, 0.05) is 39.4 Å². The van der Waals surface area contributed by atoms with Gasteiger partial charge in [0.05, 0.1) is 24.2 Å². The number of carbonyl (C=O) groups excluding carboxylic acids is 1. The number of carbonyl (C=O) groups is 1. The molecule has 0 unspecified atom stereocenters. The Morgan fingerprint density at radius 3 is 2.59 bits per heavy atom. The summed E-state index contributed by atoms with van der Waals surface area (Å²) in [6, 6.07) is 22.7. The molecule has 1 amide bonds. The number of methoxy groups -OCH3 is 1. The molecule has 2 heterocycles. The number of hydrogen-bond donors (Lipinski definition) is 3. The number of imidazole rings is 1. The lowest BCUT2D eigenvalue weighted by Crippen LogP contribution is -2.28. The van der Waals surface area contributed by atoms with Crippen LogP contribution >= 0.6 is 11.6 Å². The van der Waals surface area contributed by atoms with Gasteiger partial charge in [0.1, 0.15) is 5.82 Å². The number of aromatic nitrogens is 4. The molecule has 3 N–H and O–H groups in total. The number of benzene rings is 4. The average Bonchev–Trinajstić information content (AvgIpc) is 3.66. The Hall–Kier alpha value is -5.22. The summed E-state index contributed by atoms with van der Waals surface area (Å²) >= 11 is 6.80. The maximum Gasteiger partial charge on any atom is 0.434 e. The van der Waals surface area contributed by atoms with Gasteiger partial charge in [-0.25, -0.2) is 19.3 Å². The van der Waals surface area contributed by atoms with Crippen molar-refractivity contribution in [2.75, 3.05) is 7.11 Å². The zero-order valence-corrected chi connectivity index (χ0v) is 24.5. The number of hydrogen-bond acceptors (Lipinski definition) is 6. The van der Waals surface area contributed by atoms with E-state index < -0.39 is 11.6 Å². The van der Waals surface area contributed by atoms with Crippen molar-refractivity contribution < 1.29 is 18.3 Å². The van der Waals surface area contributed by atoms with E-state index in [4.69, 9.17) is 20.8 Å². The molecule has 1 atom stereocenters. The van der Waals surface area contributed by atoms with Gasteiger partial charge < -0.3 is 19.5 Å². The van der Waals surface area contributed by atoms with Crippen molar-refractivity contribution in [1.29, 1.82) is 0 Å². The van der Waals surface area contributed by atoms with Crippen LogP contribution in [-0.2, 0) is 0 Å². The molecule has 9 nitrogen and oxygen atoms in total. The van der Waals surface area contributed by atoms with Crippen molar-refractivity contribution in [2.45, 2.75) is 25.8 Å². The number of nitrogens with one attached hydrogen (secondary N) is 3. The first kappa shape index (κ1) is 28.9. The van der Waals surface area contributed by atoms with Gasteiger partial charge in [-0.1, -0.05) is 73.5 Å². The predicted molar refractivity (Wildman–Crippen MR) is 166 cm³/mol. The van der Waals surface area contributed by atoms with Crippen LogP contribution in [0.3, 0.4) is 0 Å². The summed E-state index contributed by atoms with van der Waals surface area (Å²) in [6.45, 7) is 2.06. The van der Waals surface area contributed by atoms with E-state index in [1.165, 1.54) is 19.2 Å². The Kier molecular flexibility index (Phi) is 7.99. The van der Waals surface area contributed by atoms with Gasteiger partial charge in [-0.3, -0.25) is 4.79 Å². The monoisotopic (exact) mass is 611 g/mol. The van der Waals surface area contributed by atoms with Gasteiger partial charge in [-0.2, -0.15) is 0 Å². The molecule has 0 saturated carbocycles. The van der Waals surface area contributed by atoms with Gasteiger partial charge in [-0.15, -0.1) is 5.10 Å². The molecule has 0 radical (unpaired) electrons. The number of nitrogens with zero attached hydrogens (tertiary/aromatic N) is 2. The SMILES string of the molecule is CCC[C@@H](NC(=O)c1ccc(-c2c(Cl)cccc2-c2nc3cc(OC)c(F)cc3[nH]2)c(-c2n[nH]c(=O)o2)c1)c1ccccc1. The zero-order chi connectivity index (χ0) is 30.8. The Balaban J connectivity index is 1.46. The molecule has 11 heteroatoms. The standard InChI is InChI=1S/C33H27ClFN5O4/c1-3-8-25(18-9-5-4-6-10-18)38-31(41)19-13-14-20(22(15-19)32-39-40-33(42)44-32)29-21(11-7-12-23(29)34)30-36-26-16-24(35)28(43-2)17-27(26)37-30/h4-7,9-17,25H,3,8H2,1-2H3,(H,36,37)(H,38,41)(H,40,42)/t25-/m1/s1. The van der Waals surface area contributed by atoms with Crippen LogP contribution in [0, 0.1) is 5.82 Å². The fourth-order valence-electron chi connectivity index (χ4n) is 5.25. The largest absolute Gasteiger partial charge is 0.494 e. The first-order valence-electron chi connectivity index (χ1n) is 13.9. The highest BCUT2D eigenvalue weighted by molar-refractivity contribution is 6.34. The molecule has 222 valence electrons. The third-order valence-corrected chi connectivity index (χ3v) is 7.64. The van der Waals surface area contributed by atoms with Gasteiger partial charge in [0.25, 0.3) is 5.91 Å².